The molecule has 1 aromatic carbocycles. The maximum absolute atomic E-state index is 12.0. The summed E-state index contributed by atoms with van der Waals surface area (Å²) in [5.74, 6) is -0.311. The molecule has 6 heteroatoms. The van der Waals surface area contributed by atoms with Crippen LogP contribution >= 0.6 is 0 Å². The molecule has 0 bridgehead atoms. The first kappa shape index (κ1) is 14.7. The number of carbonyl (C=O) groups excluding carboxylic acids is 1. The van der Waals surface area contributed by atoms with Crippen molar-refractivity contribution < 1.29 is 23.4 Å². The summed E-state index contributed by atoms with van der Waals surface area (Å²) in [5.41, 5.74) is 0.351. The van der Waals surface area contributed by atoms with E-state index in [4.69, 9.17) is 0 Å². The zero-order valence-electron chi connectivity index (χ0n) is 10.9. The number of aliphatic hydroxyl groups is 1. The van der Waals surface area contributed by atoms with Crippen molar-refractivity contribution in [1.82, 2.24) is 5.32 Å². The van der Waals surface area contributed by atoms with Crippen molar-refractivity contribution >= 4 is 5.91 Å². The summed E-state index contributed by atoms with van der Waals surface area (Å²) in [6.07, 6.45) is 2.86. The van der Waals surface area contributed by atoms with Gasteiger partial charge in [-0.2, -0.15) is 8.78 Å². The van der Waals surface area contributed by atoms with Gasteiger partial charge in [0.1, 0.15) is 5.75 Å². The van der Waals surface area contributed by atoms with Crippen LogP contribution < -0.4 is 10.1 Å². The lowest BCUT2D eigenvalue weighted by atomic mass is 9.92. The van der Waals surface area contributed by atoms with Crippen molar-refractivity contribution in [2.24, 2.45) is 0 Å². The van der Waals surface area contributed by atoms with E-state index in [9.17, 15) is 18.7 Å². The highest BCUT2D eigenvalue weighted by Gasteiger charge is 2.24. The van der Waals surface area contributed by atoms with E-state index >= 15 is 0 Å². The monoisotopic (exact) mass is 285 g/mol. The molecule has 1 aliphatic carbocycles. The minimum Gasteiger partial charge on any atom is -0.435 e. The summed E-state index contributed by atoms with van der Waals surface area (Å²) in [6, 6.07) is 5.23. The van der Waals surface area contributed by atoms with E-state index in [1.54, 1.807) is 0 Å². The lowest BCUT2D eigenvalue weighted by molar-refractivity contribution is -0.0498. The molecule has 20 heavy (non-hydrogen) atoms. The number of rotatable bonds is 4. The fraction of sp³-hybridized carbons (Fsp3) is 0.500. The Bertz CT molecular complexity index is 450. The summed E-state index contributed by atoms with van der Waals surface area (Å²) in [4.78, 5) is 12.0. The third kappa shape index (κ3) is 3.90. The zero-order chi connectivity index (χ0) is 14.5. The Morgan fingerprint density at radius 2 is 1.90 bits per heavy atom. The van der Waals surface area contributed by atoms with Crippen LogP contribution in [-0.4, -0.2) is 29.8 Å². The second-order valence-electron chi connectivity index (χ2n) is 4.83. The lowest BCUT2D eigenvalue weighted by Crippen LogP contribution is -2.45. The molecule has 2 rings (SSSR count). The predicted molar refractivity (Wildman–Crippen MR) is 68.8 cm³/mol. The van der Waals surface area contributed by atoms with E-state index in [0.29, 0.717) is 12.0 Å². The van der Waals surface area contributed by atoms with E-state index in [1.807, 2.05) is 0 Å². The van der Waals surface area contributed by atoms with Crippen molar-refractivity contribution in [1.29, 1.82) is 0 Å². The Balaban J connectivity index is 1.95. The summed E-state index contributed by atoms with van der Waals surface area (Å²) < 4.78 is 28.2. The van der Waals surface area contributed by atoms with E-state index in [0.717, 1.165) is 19.3 Å². The molecule has 1 fully saturated rings. The first-order valence-corrected chi connectivity index (χ1v) is 6.60. The first-order valence-electron chi connectivity index (χ1n) is 6.60. The molecule has 0 saturated heterocycles. The lowest BCUT2D eigenvalue weighted by Gasteiger charge is -2.28. The molecule has 1 aliphatic rings. The maximum Gasteiger partial charge on any atom is 0.387 e. The standard InChI is InChI=1S/C14H17F2NO3/c15-14(16)20-10-7-5-9(6-8-10)13(19)17-11-3-1-2-4-12(11)18/h5-8,11-12,14,18H,1-4H2,(H,17,19). The summed E-state index contributed by atoms with van der Waals surface area (Å²) >= 11 is 0. The van der Waals surface area contributed by atoms with Crippen molar-refractivity contribution in [2.75, 3.05) is 0 Å². The molecular weight excluding hydrogens is 268 g/mol. The minimum absolute atomic E-state index is 0.00857. The maximum atomic E-state index is 12.0. The summed E-state index contributed by atoms with van der Waals surface area (Å²) in [5, 5.41) is 12.6. The van der Waals surface area contributed by atoms with E-state index < -0.39 is 12.7 Å². The predicted octanol–water partition coefficient (Wildman–Crippen LogP) is 2.32. The third-order valence-electron chi connectivity index (χ3n) is 3.39. The van der Waals surface area contributed by atoms with Gasteiger partial charge in [-0.05, 0) is 37.1 Å². The van der Waals surface area contributed by atoms with Gasteiger partial charge in [0.25, 0.3) is 5.91 Å². The fourth-order valence-electron chi connectivity index (χ4n) is 2.32. The molecule has 2 N–H and O–H groups in total. The molecule has 0 heterocycles. The van der Waals surface area contributed by atoms with Gasteiger partial charge in [-0.25, -0.2) is 0 Å². The SMILES string of the molecule is O=C(NC1CCCCC1O)c1ccc(OC(F)F)cc1. The van der Waals surface area contributed by atoms with Gasteiger partial charge in [0.05, 0.1) is 12.1 Å². The van der Waals surface area contributed by atoms with Crippen LogP contribution in [-0.2, 0) is 0 Å². The van der Waals surface area contributed by atoms with Gasteiger partial charge in [0, 0.05) is 5.56 Å². The number of aliphatic hydroxyl groups excluding tert-OH is 1. The molecule has 0 aliphatic heterocycles. The highest BCUT2D eigenvalue weighted by molar-refractivity contribution is 5.94. The van der Waals surface area contributed by atoms with E-state index in [2.05, 4.69) is 10.1 Å². The summed E-state index contributed by atoms with van der Waals surface area (Å²) in [7, 11) is 0. The quantitative estimate of drug-likeness (QED) is 0.892. The molecule has 110 valence electrons. The van der Waals surface area contributed by atoms with Gasteiger partial charge in [-0.1, -0.05) is 12.8 Å². The average Bonchev–Trinajstić information content (AvgIpc) is 2.41. The molecule has 0 spiro atoms. The topological polar surface area (TPSA) is 58.6 Å². The normalized spacial score (nSPS) is 22.6. The highest BCUT2D eigenvalue weighted by atomic mass is 19.3. The molecule has 0 aromatic heterocycles. The van der Waals surface area contributed by atoms with Gasteiger partial charge in [0.2, 0.25) is 0 Å². The van der Waals surface area contributed by atoms with Gasteiger partial charge in [0.15, 0.2) is 0 Å². The molecule has 1 saturated carbocycles. The Hall–Kier alpha value is -1.69. The number of hydrogen-bond acceptors (Lipinski definition) is 3. The fourth-order valence-corrected chi connectivity index (χ4v) is 2.32. The molecule has 0 radical (unpaired) electrons. The number of benzene rings is 1. The number of ether oxygens (including phenoxy) is 1. The van der Waals surface area contributed by atoms with Crippen LogP contribution in [0.5, 0.6) is 5.75 Å². The molecule has 2 atom stereocenters. The van der Waals surface area contributed by atoms with Crippen molar-refractivity contribution in [3.8, 4) is 5.75 Å². The Labute approximate surface area is 115 Å². The molecule has 2 unspecified atom stereocenters. The number of nitrogens with one attached hydrogen (secondary N) is 1. The van der Waals surface area contributed by atoms with Crippen molar-refractivity contribution in [3.63, 3.8) is 0 Å². The largest absolute Gasteiger partial charge is 0.435 e. The third-order valence-corrected chi connectivity index (χ3v) is 3.39. The number of alkyl halides is 2. The van der Waals surface area contributed by atoms with Crippen LogP contribution in [0.1, 0.15) is 36.0 Å². The highest BCUT2D eigenvalue weighted by Crippen LogP contribution is 2.19. The van der Waals surface area contributed by atoms with Crippen LogP contribution in [0.25, 0.3) is 0 Å². The van der Waals surface area contributed by atoms with Crippen molar-refractivity contribution in [3.05, 3.63) is 29.8 Å². The van der Waals surface area contributed by atoms with Crippen LogP contribution in [0.3, 0.4) is 0 Å². The Kier molecular flexibility index (Phi) is 4.89. The van der Waals surface area contributed by atoms with Crippen LogP contribution in [0, 0.1) is 0 Å². The molecule has 1 amide bonds. The number of amides is 1. The van der Waals surface area contributed by atoms with Gasteiger partial charge in [-0.3, -0.25) is 4.79 Å². The van der Waals surface area contributed by atoms with Crippen LogP contribution in [0.4, 0.5) is 8.78 Å². The van der Waals surface area contributed by atoms with Gasteiger partial charge >= 0.3 is 6.61 Å². The second kappa shape index (κ2) is 6.65. The average molecular weight is 285 g/mol. The number of carbonyl (C=O) groups is 1. The van der Waals surface area contributed by atoms with Gasteiger partial charge < -0.3 is 15.2 Å². The number of halogens is 2. The number of hydrogen-bond donors (Lipinski definition) is 2. The van der Waals surface area contributed by atoms with Gasteiger partial charge in [-0.15, -0.1) is 0 Å². The van der Waals surface area contributed by atoms with Crippen molar-refractivity contribution in [2.45, 2.75) is 44.4 Å². The molecule has 4 nitrogen and oxygen atoms in total. The second-order valence-corrected chi connectivity index (χ2v) is 4.83. The van der Waals surface area contributed by atoms with Crippen LogP contribution in [0.15, 0.2) is 24.3 Å². The van der Waals surface area contributed by atoms with Crippen LogP contribution in [0.2, 0.25) is 0 Å². The molecule has 1 aromatic rings. The zero-order valence-corrected chi connectivity index (χ0v) is 10.9. The Morgan fingerprint density at radius 3 is 2.50 bits per heavy atom. The van der Waals surface area contributed by atoms with E-state index in [-0.39, 0.29) is 17.7 Å². The first-order chi connectivity index (χ1) is 9.56. The Morgan fingerprint density at radius 1 is 1.25 bits per heavy atom. The minimum atomic E-state index is -2.88. The summed E-state index contributed by atoms with van der Waals surface area (Å²) in [6.45, 7) is -2.88. The van der Waals surface area contributed by atoms with E-state index in [1.165, 1.54) is 24.3 Å². The molecular formula is C14H17F2NO3. The smallest absolute Gasteiger partial charge is 0.387 e.